The first-order chi connectivity index (χ1) is 9.04. The lowest BCUT2D eigenvalue weighted by Crippen LogP contribution is -2.40. The lowest BCUT2D eigenvalue weighted by molar-refractivity contribution is 0.203. The minimum absolute atomic E-state index is 0.107. The Morgan fingerprint density at radius 3 is 2.89 bits per heavy atom. The van der Waals surface area contributed by atoms with Crippen molar-refractivity contribution < 1.29 is 13.5 Å². The van der Waals surface area contributed by atoms with Gasteiger partial charge < -0.3 is 5.11 Å². The first-order valence-corrected chi connectivity index (χ1v) is 8.22. The minimum atomic E-state index is -3.47. The molecule has 4 nitrogen and oxygen atoms in total. The van der Waals surface area contributed by atoms with E-state index in [-0.39, 0.29) is 17.4 Å². The summed E-state index contributed by atoms with van der Waals surface area (Å²) in [5.41, 5.74) is 0. The van der Waals surface area contributed by atoms with Crippen molar-refractivity contribution in [2.45, 2.75) is 24.2 Å². The van der Waals surface area contributed by atoms with Crippen LogP contribution in [0.15, 0.2) is 29.2 Å². The Morgan fingerprint density at radius 2 is 2.21 bits per heavy atom. The maximum absolute atomic E-state index is 12.5. The first-order valence-electron chi connectivity index (χ1n) is 6.40. The van der Waals surface area contributed by atoms with Crippen molar-refractivity contribution in [1.82, 2.24) is 4.31 Å². The third-order valence-electron chi connectivity index (χ3n) is 3.45. The smallest absolute Gasteiger partial charge is 0.243 e. The monoisotopic (exact) mass is 303 g/mol. The molecular weight excluding hydrogens is 286 g/mol. The van der Waals surface area contributed by atoms with Gasteiger partial charge in [-0.15, -0.1) is 0 Å². The molecule has 1 aromatic carbocycles. The number of sulfonamides is 1. The first kappa shape index (κ1) is 14.8. The lowest BCUT2D eigenvalue weighted by atomic mass is 9.97. The van der Waals surface area contributed by atoms with Gasteiger partial charge in [-0.1, -0.05) is 17.7 Å². The average molecular weight is 304 g/mol. The number of halogens is 1. The van der Waals surface area contributed by atoms with E-state index in [4.69, 9.17) is 16.7 Å². The molecule has 1 fully saturated rings. The van der Waals surface area contributed by atoms with E-state index in [2.05, 4.69) is 0 Å². The molecule has 0 bridgehead atoms. The summed E-state index contributed by atoms with van der Waals surface area (Å²) in [6, 6.07) is 6.35. The molecule has 0 amide bonds. The average Bonchev–Trinajstić information content (AvgIpc) is 2.39. The van der Waals surface area contributed by atoms with E-state index in [1.807, 2.05) is 0 Å². The van der Waals surface area contributed by atoms with Gasteiger partial charge in [0, 0.05) is 24.7 Å². The van der Waals surface area contributed by atoms with Crippen molar-refractivity contribution >= 4 is 21.6 Å². The molecule has 6 heteroatoms. The van der Waals surface area contributed by atoms with Crippen LogP contribution in [-0.2, 0) is 10.0 Å². The predicted octanol–water partition coefficient (Wildman–Crippen LogP) is 2.12. The van der Waals surface area contributed by atoms with Crippen molar-refractivity contribution in [1.29, 1.82) is 0 Å². The quantitative estimate of drug-likeness (QED) is 0.927. The number of hydrogen-bond donors (Lipinski definition) is 1. The van der Waals surface area contributed by atoms with Crippen LogP contribution in [0.4, 0.5) is 0 Å². The summed E-state index contributed by atoms with van der Waals surface area (Å²) in [6.07, 6.45) is 2.47. The zero-order valence-corrected chi connectivity index (χ0v) is 12.2. The van der Waals surface area contributed by atoms with Gasteiger partial charge in [-0.05, 0) is 43.4 Å². The van der Waals surface area contributed by atoms with Crippen LogP contribution in [0.25, 0.3) is 0 Å². The van der Waals surface area contributed by atoms with Gasteiger partial charge in [0.15, 0.2) is 0 Å². The van der Waals surface area contributed by atoms with E-state index in [1.54, 1.807) is 18.2 Å². The summed E-state index contributed by atoms with van der Waals surface area (Å²) in [6.45, 7) is 1.13. The number of hydrogen-bond acceptors (Lipinski definition) is 3. The maximum atomic E-state index is 12.5. The van der Waals surface area contributed by atoms with Gasteiger partial charge in [0.05, 0.1) is 4.90 Å². The van der Waals surface area contributed by atoms with Crippen LogP contribution in [0.3, 0.4) is 0 Å². The summed E-state index contributed by atoms with van der Waals surface area (Å²) in [5.74, 6) is 0.243. The van der Waals surface area contributed by atoms with Crippen LogP contribution in [0, 0.1) is 5.92 Å². The van der Waals surface area contributed by atoms with Crippen molar-refractivity contribution in [3.8, 4) is 0 Å². The van der Waals surface area contributed by atoms with Crippen molar-refractivity contribution in [3.63, 3.8) is 0 Å². The second-order valence-electron chi connectivity index (χ2n) is 4.84. The molecular formula is C13H18ClNO3S. The lowest BCUT2D eigenvalue weighted by Gasteiger charge is -2.31. The normalized spacial score (nSPS) is 21.5. The molecule has 1 heterocycles. The molecule has 0 saturated carbocycles. The van der Waals surface area contributed by atoms with E-state index in [9.17, 15) is 8.42 Å². The number of benzene rings is 1. The Hall–Kier alpha value is -0.620. The minimum Gasteiger partial charge on any atom is -0.396 e. The highest BCUT2D eigenvalue weighted by Crippen LogP contribution is 2.26. The molecule has 1 aliphatic heterocycles. The van der Waals surface area contributed by atoms with Crippen molar-refractivity contribution in [2.75, 3.05) is 19.7 Å². The molecule has 1 N–H and O–H groups in total. The van der Waals surface area contributed by atoms with Gasteiger partial charge in [-0.3, -0.25) is 0 Å². The predicted molar refractivity (Wildman–Crippen MR) is 74.6 cm³/mol. The molecule has 0 aliphatic carbocycles. The topological polar surface area (TPSA) is 57.6 Å². The fraction of sp³-hybridized carbons (Fsp3) is 0.538. The highest BCUT2D eigenvalue weighted by molar-refractivity contribution is 7.89. The fourth-order valence-electron chi connectivity index (χ4n) is 2.44. The number of nitrogens with zero attached hydrogens (tertiary/aromatic N) is 1. The zero-order valence-electron chi connectivity index (χ0n) is 10.6. The van der Waals surface area contributed by atoms with Gasteiger partial charge in [0.25, 0.3) is 0 Å². The fourth-order valence-corrected chi connectivity index (χ4v) is 4.30. The molecule has 0 aromatic heterocycles. The molecule has 0 radical (unpaired) electrons. The third-order valence-corrected chi connectivity index (χ3v) is 5.55. The molecule has 106 valence electrons. The Kier molecular flexibility index (Phi) is 4.84. The molecule has 1 aliphatic rings. The second kappa shape index (κ2) is 6.22. The number of aliphatic hydroxyl groups is 1. The van der Waals surface area contributed by atoms with Crippen LogP contribution < -0.4 is 0 Å². The Labute approximate surface area is 119 Å². The van der Waals surface area contributed by atoms with E-state index >= 15 is 0 Å². The largest absolute Gasteiger partial charge is 0.396 e. The SMILES string of the molecule is O=S(=O)(c1cccc(Cl)c1)N1CCCC(CCO)C1. The molecule has 2 rings (SSSR count). The van der Waals surface area contributed by atoms with Gasteiger partial charge in [0.2, 0.25) is 10.0 Å². The van der Waals surface area contributed by atoms with E-state index in [0.717, 1.165) is 12.8 Å². The second-order valence-corrected chi connectivity index (χ2v) is 7.22. The summed E-state index contributed by atoms with van der Waals surface area (Å²) in [4.78, 5) is 0.240. The number of aliphatic hydroxyl groups excluding tert-OH is 1. The standard InChI is InChI=1S/C13H18ClNO3S/c14-12-4-1-5-13(9-12)19(17,18)15-7-2-3-11(10-15)6-8-16/h1,4-5,9,11,16H,2-3,6-8,10H2. The highest BCUT2D eigenvalue weighted by atomic mass is 35.5. The van der Waals surface area contributed by atoms with Crippen LogP contribution in [0.5, 0.6) is 0 Å². The molecule has 1 atom stereocenters. The molecule has 0 spiro atoms. The molecule has 19 heavy (non-hydrogen) atoms. The molecule has 1 saturated heterocycles. The van der Waals surface area contributed by atoms with Crippen LogP contribution >= 0.6 is 11.6 Å². The Morgan fingerprint density at radius 1 is 1.42 bits per heavy atom. The van der Waals surface area contributed by atoms with Crippen molar-refractivity contribution in [2.24, 2.45) is 5.92 Å². The van der Waals surface area contributed by atoms with E-state index in [1.165, 1.54) is 10.4 Å². The summed E-state index contributed by atoms with van der Waals surface area (Å²) in [5, 5.41) is 9.40. The van der Waals surface area contributed by atoms with E-state index in [0.29, 0.717) is 24.5 Å². The van der Waals surface area contributed by atoms with E-state index < -0.39 is 10.0 Å². The summed E-state index contributed by atoms with van der Waals surface area (Å²) >= 11 is 5.85. The zero-order chi connectivity index (χ0) is 13.9. The molecule has 1 unspecified atom stereocenters. The highest BCUT2D eigenvalue weighted by Gasteiger charge is 2.29. The molecule has 1 aromatic rings. The Balaban J connectivity index is 2.19. The van der Waals surface area contributed by atoms with Crippen LogP contribution in [0.2, 0.25) is 5.02 Å². The summed E-state index contributed by atoms with van der Waals surface area (Å²) < 4.78 is 26.5. The third kappa shape index (κ3) is 3.48. The van der Waals surface area contributed by atoms with Crippen LogP contribution in [0.1, 0.15) is 19.3 Å². The van der Waals surface area contributed by atoms with Gasteiger partial charge in [-0.2, -0.15) is 4.31 Å². The maximum Gasteiger partial charge on any atom is 0.243 e. The van der Waals surface area contributed by atoms with Gasteiger partial charge in [-0.25, -0.2) is 8.42 Å². The summed E-state index contributed by atoms with van der Waals surface area (Å²) in [7, 11) is -3.47. The number of piperidine rings is 1. The van der Waals surface area contributed by atoms with Gasteiger partial charge >= 0.3 is 0 Å². The Bertz CT molecular complexity index is 530. The van der Waals surface area contributed by atoms with Crippen molar-refractivity contribution in [3.05, 3.63) is 29.3 Å². The van der Waals surface area contributed by atoms with Gasteiger partial charge in [0.1, 0.15) is 0 Å². The van der Waals surface area contributed by atoms with Crippen LogP contribution in [-0.4, -0.2) is 37.5 Å². The number of rotatable bonds is 4.